The first kappa shape index (κ1) is 19.6. The molecule has 0 fully saturated rings. The first-order valence-corrected chi connectivity index (χ1v) is 9.73. The second-order valence-electron chi connectivity index (χ2n) is 6.18. The molecule has 2 amide bonds. The molecule has 0 unspecified atom stereocenters. The molecule has 0 bridgehead atoms. The third-order valence-electron chi connectivity index (χ3n) is 4.16. The van der Waals surface area contributed by atoms with Gasteiger partial charge in [-0.1, -0.05) is 24.3 Å². The number of rotatable bonds is 7. The van der Waals surface area contributed by atoms with Crippen molar-refractivity contribution in [3.63, 3.8) is 0 Å². The van der Waals surface area contributed by atoms with Gasteiger partial charge >= 0.3 is 0 Å². The van der Waals surface area contributed by atoms with Gasteiger partial charge in [0.15, 0.2) is 0 Å². The molecule has 28 heavy (non-hydrogen) atoms. The van der Waals surface area contributed by atoms with Crippen LogP contribution >= 0.6 is 11.8 Å². The molecule has 144 valence electrons. The van der Waals surface area contributed by atoms with Crippen LogP contribution in [0.15, 0.2) is 53.4 Å². The van der Waals surface area contributed by atoms with Gasteiger partial charge in [-0.05, 0) is 41.3 Å². The zero-order valence-electron chi connectivity index (χ0n) is 15.6. The molecular weight excluding hydrogens is 376 g/mol. The molecule has 0 spiro atoms. The highest BCUT2D eigenvalue weighted by Crippen LogP contribution is 2.16. The molecule has 0 aliphatic heterocycles. The lowest BCUT2D eigenvalue weighted by molar-refractivity contribution is -0.131. The Balaban J connectivity index is 1.61. The van der Waals surface area contributed by atoms with Crippen LogP contribution in [0.3, 0.4) is 0 Å². The molecule has 1 aromatic heterocycles. The third-order valence-corrected chi connectivity index (χ3v) is 4.91. The van der Waals surface area contributed by atoms with Crippen LogP contribution < -0.4 is 5.73 Å². The molecule has 9 heteroatoms. The van der Waals surface area contributed by atoms with E-state index in [0.29, 0.717) is 23.5 Å². The van der Waals surface area contributed by atoms with E-state index >= 15 is 0 Å². The van der Waals surface area contributed by atoms with E-state index < -0.39 is 5.91 Å². The van der Waals surface area contributed by atoms with E-state index in [2.05, 4.69) is 15.4 Å². The molecule has 0 radical (unpaired) electrons. The Morgan fingerprint density at radius 2 is 1.79 bits per heavy atom. The molecule has 0 atom stereocenters. The SMILES string of the molecule is CSc1ccc(CN(C)C(=O)Cn2nnc(-c3ccc(C(N)=O)cc3)n2)cc1. The Labute approximate surface area is 166 Å². The van der Waals surface area contributed by atoms with E-state index in [1.54, 1.807) is 48.0 Å². The summed E-state index contributed by atoms with van der Waals surface area (Å²) in [5.41, 5.74) is 7.37. The van der Waals surface area contributed by atoms with Crippen LogP contribution in [0.25, 0.3) is 11.4 Å². The van der Waals surface area contributed by atoms with Gasteiger partial charge in [0.25, 0.3) is 0 Å². The quantitative estimate of drug-likeness (QED) is 0.611. The van der Waals surface area contributed by atoms with Gasteiger partial charge in [-0.3, -0.25) is 9.59 Å². The molecule has 0 aliphatic rings. The fourth-order valence-electron chi connectivity index (χ4n) is 2.54. The van der Waals surface area contributed by atoms with Crippen molar-refractivity contribution in [3.05, 3.63) is 59.7 Å². The number of nitrogens with zero attached hydrogens (tertiary/aromatic N) is 5. The van der Waals surface area contributed by atoms with Crippen LogP contribution in [0, 0.1) is 0 Å². The number of benzene rings is 2. The van der Waals surface area contributed by atoms with Gasteiger partial charge in [0.05, 0.1) is 0 Å². The lowest BCUT2D eigenvalue weighted by Crippen LogP contribution is -2.30. The number of amides is 2. The lowest BCUT2D eigenvalue weighted by atomic mass is 10.1. The van der Waals surface area contributed by atoms with Crippen molar-refractivity contribution in [1.82, 2.24) is 25.1 Å². The molecule has 3 aromatic rings. The Morgan fingerprint density at radius 3 is 2.39 bits per heavy atom. The topological polar surface area (TPSA) is 107 Å². The second kappa shape index (κ2) is 8.66. The standard InChI is InChI=1S/C19H20N6O2S/c1-24(11-13-3-9-16(28-2)10-4-13)17(26)12-25-22-19(21-23-25)15-7-5-14(6-8-15)18(20)27/h3-10H,11-12H2,1-2H3,(H2,20,27). The van der Waals surface area contributed by atoms with Crippen LogP contribution in [0.2, 0.25) is 0 Å². The molecule has 3 rings (SSSR count). The highest BCUT2D eigenvalue weighted by atomic mass is 32.2. The minimum atomic E-state index is -0.500. The predicted octanol–water partition coefficient (Wildman–Crippen LogP) is 1.82. The number of aromatic nitrogens is 4. The third kappa shape index (κ3) is 4.74. The number of hydrogen-bond acceptors (Lipinski definition) is 6. The van der Waals surface area contributed by atoms with Crippen molar-refractivity contribution >= 4 is 23.6 Å². The van der Waals surface area contributed by atoms with Gasteiger partial charge in [0, 0.05) is 29.6 Å². The van der Waals surface area contributed by atoms with Crippen molar-refractivity contribution in [2.75, 3.05) is 13.3 Å². The number of hydrogen-bond donors (Lipinski definition) is 1. The maximum absolute atomic E-state index is 12.4. The minimum Gasteiger partial charge on any atom is -0.366 e. The van der Waals surface area contributed by atoms with Gasteiger partial charge in [-0.15, -0.1) is 22.0 Å². The van der Waals surface area contributed by atoms with Crippen LogP contribution in [0.1, 0.15) is 15.9 Å². The summed E-state index contributed by atoms with van der Waals surface area (Å²) in [7, 11) is 1.74. The largest absolute Gasteiger partial charge is 0.366 e. The number of carbonyl (C=O) groups excluding carboxylic acids is 2. The number of nitrogens with two attached hydrogens (primary N) is 1. The maximum atomic E-state index is 12.4. The van der Waals surface area contributed by atoms with Gasteiger partial charge in [0.1, 0.15) is 6.54 Å². The average molecular weight is 396 g/mol. The minimum absolute atomic E-state index is 0.00817. The molecule has 0 aliphatic carbocycles. The van der Waals surface area contributed by atoms with E-state index in [1.807, 2.05) is 30.5 Å². The predicted molar refractivity (Wildman–Crippen MR) is 106 cm³/mol. The normalized spacial score (nSPS) is 10.6. The summed E-state index contributed by atoms with van der Waals surface area (Å²) in [6.45, 7) is 0.495. The monoisotopic (exact) mass is 396 g/mol. The highest BCUT2D eigenvalue weighted by molar-refractivity contribution is 7.98. The summed E-state index contributed by atoms with van der Waals surface area (Å²) in [6, 6.07) is 14.7. The number of thioether (sulfide) groups is 1. The van der Waals surface area contributed by atoms with Crippen LogP contribution in [0.5, 0.6) is 0 Å². The molecular formula is C19H20N6O2S. The fraction of sp³-hybridized carbons (Fsp3) is 0.211. The number of likely N-dealkylation sites (N-methyl/N-ethyl adjacent to an activating group) is 1. The molecule has 1 heterocycles. The van der Waals surface area contributed by atoms with Gasteiger partial charge in [-0.2, -0.15) is 4.80 Å². The second-order valence-corrected chi connectivity index (χ2v) is 7.06. The molecule has 2 N–H and O–H groups in total. The summed E-state index contributed by atoms with van der Waals surface area (Å²) in [6.07, 6.45) is 2.02. The Hall–Kier alpha value is -3.20. The molecule has 0 saturated carbocycles. The molecule has 8 nitrogen and oxygen atoms in total. The van der Waals surface area contributed by atoms with Crippen LogP contribution in [-0.2, 0) is 17.9 Å². The fourth-order valence-corrected chi connectivity index (χ4v) is 2.95. The summed E-state index contributed by atoms with van der Waals surface area (Å²) >= 11 is 1.68. The Bertz CT molecular complexity index is 969. The average Bonchev–Trinajstić information content (AvgIpc) is 3.17. The van der Waals surface area contributed by atoms with E-state index in [9.17, 15) is 9.59 Å². The Kier molecular flexibility index (Phi) is 6.05. The zero-order chi connectivity index (χ0) is 20.1. The van der Waals surface area contributed by atoms with Crippen molar-refractivity contribution in [2.24, 2.45) is 5.73 Å². The van der Waals surface area contributed by atoms with Gasteiger partial charge in [-0.25, -0.2) is 0 Å². The van der Waals surface area contributed by atoms with Gasteiger partial charge < -0.3 is 10.6 Å². The van der Waals surface area contributed by atoms with Crippen molar-refractivity contribution < 1.29 is 9.59 Å². The number of carbonyl (C=O) groups is 2. The molecule has 2 aromatic carbocycles. The summed E-state index contributed by atoms with van der Waals surface area (Å²) in [5, 5.41) is 12.1. The Morgan fingerprint density at radius 1 is 1.11 bits per heavy atom. The highest BCUT2D eigenvalue weighted by Gasteiger charge is 2.14. The van der Waals surface area contributed by atoms with E-state index in [4.69, 9.17) is 5.73 Å². The van der Waals surface area contributed by atoms with Crippen molar-refractivity contribution in [3.8, 4) is 11.4 Å². The van der Waals surface area contributed by atoms with Crippen LogP contribution in [0.4, 0.5) is 0 Å². The summed E-state index contributed by atoms with van der Waals surface area (Å²) in [5.74, 6) is -0.249. The van der Waals surface area contributed by atoms with Crippen molar-refractivity contribution in [1.29, 1.82) is 0 Å². The smallest absolute Gasteiger partial charge is 0.248 e. The maximum Gasteiger partial charge on any atom is 0.248 e. The van der Waals surface area contributed by atoms with E-state index in [1.165, 1.54) is 9.69 Å². The van der Waals surface area contributed by atoms with E-state index in [0.717, 1.165) is 5.56 Å². The first-order valence-electron chi connectivity index (χ1n) is 8.51. The zero-order valence-corrected chi connectivity index (χ0v) is 16.4. The number of tetrazole rings is 1. The van der Waals surface area contributed by atoms with E-state index in [-0.39, 0.29) is 12.5 Å². The summed E-state index contributed by atoms with van der Waals surface area (Å²) in [4.78, 5) is 27.6. The summed E-state index contributed by atoms with van der Waals surface area (Å²) < 4.78 is 0. The number of primary amides is 1. The first-order chi connectivity index (χ1) is 13.5. The van der Waals surface area contributed by atoms with Gasteiger partial charge in [0.2, 0.25) is 17.6 Å². The van der Waals surface area contributed by atoms with Crippen molar-refractivity contribution in [2.45, 2.75) is 18.0 Å². The lowest BCUT2D eigenvalue weighted by Gasteiger charge is -2.16. The molecule has 0 saturated heterocycles. The van der Waals surface area contributed by atoms with Crippen LogP contribution in [-0.4, -0.2) is 50.2 Å².